The van der Waals surface area contributed by atoms with E-state index in [1.807, 2.05) is 12.1 Å². The molecule has 1 rings (SSSR count). The van der Waals surface area contributed by atoms with Gasteiger partial charge in [-0.25, -0.2) is 0 Å². The van der Waals surface area contributed by atoms with E-state index in [-0.39, 0.29) is 12.6 Å². The van der Waals surface area contributed by atoms with Crippen molar-refractivity contribution in [3.05, 3.63) is 29.8 Å². The van der Waals surface area contributed by atoms with Gasteiger partial charge < -0.3 is 10.4 Å². The van der Waals surface area contributed by atoms with Crippen LogP contribution in [-0.4, -0.2) is 17.8 Å². The Bertz CT molecular complexity index is 239. The highest BCUT2D eigenvalue weighted by Gasteiger charge is 2.02. The molecule has 0 saturated heterocycles. The van der Waals surface area contributed by atoms with Crippen molar-refractivity contribution in [2.45, 2.75) is 26.3 Å². The minimum Gasteiger partial charge on any atom is -0.394 e. The van der Waals surface area contributed by atoms with Crippen molar-refractivity contribution < 1.29 is 5.11 Å². The first-order chi connectivity index (χ1) is 6.26. The van der Waals surface area contributed by atoms with Crippen LogP contribution in [0.4, 0.5) is 5.69 Å². The molecule has 2 N–H and O–H groups in total. The topological polar surface area (TPSA) is 32.3 Å². The molecule has 72 valence electrons. The summed E-state index contributed by atoms with van der Waals surface area (Å²) >= 11 is 0. The fourth-order valence-corrected chi connectivity index (χ4v) is 1.16. The van der Waals surface area contributed by atoms with Crippen LogP contribution in [0.1, 0.15) is 18.9 Å². The monoisotopic (exact) mass is 179 g/mol. The third kappa shape index (κ3) is 3.07. The number of benzene rings is 1. The molecule has 0 saturated carbocycles. The summed E-state index contributed by atoms with van der Waals surface area (Å²) in [5, 5.41) is 12.2. The summed E-state index contributed by atoms with van der Waals surface area (Å²) in [5.74, 6) is 0. The highest BCUT2D eigenvalue weighted by molar-refractivity contribution is 5.45. The lowest BCUT2D eigenvalue weighted by molar-refractivity contribution is 0.272. The molecule has 0 aromatic heterocycles. The average molecular weight is 179 g/mol. The maximum Gasteiger partial charge on any atom is 0.0632 e. The Kier molecular flexibility index (Phi) is 3.77. The fourth-order valence-electron chi connectivity index (χ4n) is 1.16. The lowest BCUT2D eigenvalue weighted by Crippen LogP contribution is -2.22. The Balaban J connectivity index is 2.58. The fraction of sp³-hybridized carbons (Fsp3) is 0.455. The van der Waals surface area contributed by atoms with Gasteiger partial charge in [0.05, 0.1) is 6.61 Å². The van der Waals surface area contributed by atoms with E-state index >= 15 is 0 Å². The van der Waals surface area contributed by atoms with Crippen LogP contribution in [0.15, 0.2) is 24.3 Å². The Hall–Kier alpha value is -1.02. The number of anilines is 1. The zero-order valence-electron chi connectivity index (χ0n) is 8.25. The molecule has 0 unspecified atom stereocenters. The molecule has 0 spiro atoms. The van der Waals surface area contributed by atoms with Gasteiger partial charge in [-0.3, -0.25) is 0 Å². The number of hydrogen-bond donors (Lipinski definition) is 2. The molecule has 0 radical (unpaired) electrons. The van der Waals surface area contributed by atoms with Crippen LogP contribution in [-0.2, 0) is 0 Å². The van der Waals surface area contributed by atoms with E-state index in [1.54, 1.807) is 0 Å². The van der Waals surface area contributed by atoms with Crippen molar-refractivity contribution in [1.82, 2.24) is 0 Å². The number of aliphatic hydroxyl groups is 1. The quantitative estimate of drug-likeness (QED) is 0.742. The highest BCUT2D eigenvalue weighted by Crippen LogP contribution is 2.10. The Labute approximate surface area is 79.6 Å². The first-order valence-electron chi connectivity index (χ1n) is 4.70. The molecule has 2 nitrogen and oxygen atoms in total. The number of rotatable bonds is 4. The minimum atomic E-state index is 0.169. The predicted octanol–water partition coefficient (Wildman–Crippen LogP) is 2.18. The molecule has 0 aliphatic heterocycles. The molecule has 0 heterocycles. The predicted molar refractivity (Wildman–Crippen MR) is 56.0 cm³/mol. The molecule has 1 atom stereocenters. The van der Waals surface area contributed by atoms with Gasteiger partial charge in [0.2, 0.25) is 0 Å². The van der Waals surface area contributed by atoms with E-state index in [4.69, 9.17) is 5.11 Å². The zero-order valence-corrected chi connectivity index (χ0v) is 8.25. The lowest BCUT2D eigenvalue weighted by Gasteiger charge is -2.15. The van der Waals surface area contributed by atoms with Crippen molar-refractivity contribution in [3.8, 4) is 0 Å². The van der Waals surface area contributed by atoms with Gasteiger partial charge in [0.25, 0.3) is 0 Å². The molecular weight excluding hydrogens is 162 g/mol. The van der Waals surface area contributed by atoms with Crippen LogP contribution < -0.4 is 5.32 Å². The maximum atomic E-state index is 8.98. The smallest absolute Gasteiger partial charge is 0.0632 e. The molecule has 1 aromatic rings. The number of nitrogens with one attached hydrogen (secondary N) is 1. The normalized spacial score (nSPS) is 12.5. The summed E-state index contributed by atoms with van der Waals surface area (Å²) in [4.78, 5) is 0. The van der Waals surface area contributed by atoms with E-state index < -0.39 is 0 Å². The van der Waals surface area contributed by atoms with Crippen molar-refractivity contribution in [1.29, 1.82) is 0 Å². The van der Waals surface area contributed by atoms with E-state index in [0.29, 0.717) is 0 Å². The van der Waals surface area contributed by atoms with E-state index in [9.17, 15) is 0 Å². The molecular formula is C11H17NO. The van der Waals surface area contributed by atoms with Gasteiger partial charge in [0.15, 0.2) is 0 Å². The Morgan fingerprint density at radius 1 is 1.31 bits per heavy atom. The van der Waals surface area contributed by atoms with E-state index in [0.717, 1.165) is 12.1 Å². The number of hydrogen-bond acceptors (Lipinski definition) is 2. The van der Waals surface area contributed by atoms with Gasteiger partial charge in [0.1, 0.15) is 0 Å². The van der Waals surface area contributed by atoms with Gasteiger partial charge in [-0.15, -0.1) is 0 Å². The summed E-state index contributed by atoms with van der Waals surface area (Å²) in [6, 6.07) is 8.36. The van der Waals surface area contributed by atoms with Crippen molar-refractivity contribution in [3.63, 3.8) is 0 Å². The van der Waals surface area contributed by atoms with Crippen molar-refractivity contribution >= 4 is 5.69 Å². The molecule has 0 bridgehead atoms. The average Bonchev–Trinajstić information content (AvgIpc) is 2.17. The maximum absolute atomic E-state index is 8.98. The number of aliphatic hydroxyl groups excluding tert-OH is 1. The third-order valence-electron chi connectivity index (χ3n) is 2.14. The SMILES string of the molecule is CC[C@H](CO)Nc1ccc(C)cc1. The van der Waals surface area contributed by atoms with Gasteiger partial charge in [-0.05, 0) is 25.5 Å². The first-order valence-corrected chi connectivity index (χ1v) is 4.70. The Morgan fingerprint density at radius 2 is 1.92 bits per heavy atom. The summed E-state index contributed by atoms with van der Waals surface area (Å²) in [5.41, 5.74) is 2.33. The van der Waals surface area contributed by atoms with Crippen LogP contribution >= 0.6 is 0 Å². The molecule has 0 aliphatic carbocycles. The zero-order chi connectivity index (χ0) is 9.68. The van der Waals surface area contributed by atoms with Crippen LogP contribution in [0.2, 0.25) is 0 Å². The summed E-state index contributed by atoms with van der Waals surface area (Å²) < 4.78 is 0. The van der Waals surface area contributed by atoms with Crippen LogP contribution in [0.5, 0.6) is 0 Å². The van der Waals surface area contributed by atoms with Gasteiger partial charge >= 0.3 is 0 Å². The second kappa shape index (κ2) is 4.87. The molecule has 0 fully saturated rings. The third-order valence-corrected chi connectivity index (χ3v) is 2.14. The first kappa shape index (κ1) is 10.1. The Morgan fingerprint density at radius 3 is 2.38 bits per heavy atom. The number of aryl methyl sites for hydroxylation is 1. The van der Waals surface area contributed by atoms with Crippen molar-refractivity contribution in [2.75, 3.05) is 11.9 Å². The van der Waals surface area contributed by atoms with Crippen LogP contribution in [0, 0.1) is 6.92 Å². The largest absolute Gasteiger partial charge is 0.394 e. The van der Waals surface area contributed by atoms with Gasteiger partial charge in [0, 0.05) is 11.7 Å². The molecule has 0 amide bonds. The molecule has 13 heavy (non-hydrogen) atoms. The van der Waals surface area contributed by atoms with Gasteiger partial charge in [-0.2, -0.15) is 0 Å². The van der Waals surface area contributed by atoms with E-state index in [2.05, 4.69) is 31.3 Å². The standard InChI is InChI=1S/C11H17NO/c1-3-10(8-13)12-11-6-4-9(2)5-7-11/h4-7,10,12-13H,3,8H2,1-2H3/t10-/m1/s1. The van der Waals surface area contributed by atoms with Crippen molar-refractivity contribution in [2.24, 2.45) is 0 Å². The van der Waals surface area contributed by atoms with Gasteiger partial charge in [-0.1, -0.05) is 24.6 Å². The second-order valence-corrected chi connectivity index (χ2v) is 3.30. The summed E-state index contributed by atoms with van der Waals surface area (Å²) in [7, 11) is 0. The molecule has 0 aliphatic rings. The minimum absolute atomic E-state index is 0.169. The molecule has 1 aromatic carbocycles. The van der Waals surface area contributed by atoms with Crippen LogP contribution in [0.25, 0.3) is 0 Å². The van der Waals surface area contributed by atoms with Crippen LogP contribution in [0.3, 0.4) is 0 Å². The highest BCUT2D eigenvalue weighted by atomic mass is 16.3. The second-order valence-electron chi connectivity index (χ2n) is 3.30. The lowest BCUT2D eigenvalue weighted by atomic mass is 10.2. The van der Waals surface area contributed by atoms with E-state index in [1.165, 1.54) is 5.56 Å². The molecule has 2 heteroatoms. The summed E-state index contributed by atoms with van der Waals surface area (Å²) in [6.45, 7) is 4.31. The summed E-state index contributed by atoms with van der Waals surface area (Å²) in [6.07, 6.45) is 0.935.